The van der Waals surface area contributed by atoms with E-state index in [4.69, 9.17) is 0 Å². The highest BCUT2D eigenvalue weighted by molar-refractivity contribution is 9.10. The normalized spacial score (nSPS) is 20.5. The molecule has 1 heterocycles. The molecule has 0 saturated carbocycles. The molecule has 1 aromatic carbocycles. The number of halogens is 1. The SMILES string of the molecule is O=C(Cc1ccc(Br)cc1)C1CCCN1. The van der Waals surface area contributed by atoms with Crippen LogP contribution < -0.4 is 5.32 Å². The molecule has 2 nitrogen and oxygen atoms in total. The van der Waals surface area contributed by atoms with E-state index in [-0.39, 0.29) is 6.04 Å². The second-order valence-electron chi connectivity index (χ2n) is 3.92. The lowest BCUT2D eigenvalue weighted by Gasteiger charge is -2.08. The van der Waals surface area contributed by atoms with E-state index in [1.54, 1.807) is 0 Å². The van der Waals surface area contributed by atoms with Crippen LogP contribution in [0.25, 0.3) is 0 Å². The highest BCUT2D eigenvalue weighted by atomic mass is 79.9. The van der Waals surface area contributed by atoms with E-state index < -0.39 is 0 Å². The number of hydrogen-bond donors (Lipinski definition) is 1. The van der Waals surface area contributed by atoms with Crippen molar-refractivity contribution < 1.29 is 4.79 Å². The molecule has 1 aliphatic heterocycles. The molecule has 0 amide bonds. The fraction of sp³-hybridized carbons (Fsp3) is 0.417. The molecule has 1 unspecified atom stereocenters. The lowest BCUT2D eigenvalue weighted by Crippen LogP contribution is -2.31. The second kappa shape index (κ2) is 4.90. The van der Waals surface area contributed by atoms with Gasteiger partial charge in [-0.2, -0.15) is 0 Å². The molecule has 0 spiro atoms. The van der Waals surface area contributed by atoms with Gasteiger partial charge in [-0.3, -0.25) is 4.79 Å². The van der Waals surface area contributed by atoms with Gasteiger partial charge >= 0.3 is 0 Å². The average Bonchev–Trinajstić information content (AvgIpc) is 2.74. The van der Waals surface area contributed by atoms with Crippen LogP contribution in [0.3, 0.4) is 0 Å². The van der Waals surface area contributed by atoms with Crippen molar-refractivity contribution in [2.45, 2.75) is 25.3 Å². The molecule has 1 aliphatic rings. The van der Waals surface area contributed by atoms with Gasteiger partial charge in [0.25, 0.3) is 0 Å². The first-order valence-electron chi connectivity index (χ1n) is 5.26. The summed E-state index contributed by atoms with van der Waals surface area (Å²) in [6.07, 6.45) is 2.66. The van der Waals surface area contributed by atoms with E-state index in [2.05, 4.69) is 21.2 Å². The zero-order valence-electron chi connectivity index (χ0n) is 8.50. The van der Waals surface area contributed by atoms with Crippen LogP contribution in [0.5, 0.6) is 0 Å². The molecule has 0 aromatic heterocycles. The minimum atomic E-state index is 0.0913. The standard InChI is InChI=1S/C12H14BrNO/c13-10-5-3-9(4-6-10)8-12(15)11-2-1-7-14-11/h3-6,11,14H,1-2,7-8H2. The minimum absolute atomic E-state index is 0.0913. The van der Waals surface area contributed by atoms with Gasteiger partial charge in [-0.1, -0.05) is 28.1 Å². The fourth-order valence-electron chi connectivity index (χ4n) is 1.89. The summed E-state index contributed by atoms with van der Waals surface area (Å²) in [6, 6.07) is 8.04. The van der Waals surface area contributed by atoms with Gasteiger partial charge in [-0.05, 0) is 37.1 Å². The van der Waals surface area contributed by atoms with Crippen LogP contribution in [0.4, 0.5) is 0 Å². The third-order valence-electron chi connectivity index (χ3n) is 2.74. The highest BCUT2D eigenvalue weighted by Gasteiger charge is 2.21. The monoisotopic (exact) mass is 267 g/mol. The van der Waals surface area contributed by atoms with E-state index in [0.29, 0.717) is 12.2 Å². The number of carbonyl (C=O) groups is 1. The Morgan fingerprint density at radius 2 is 2.13 bits per heavy atom. The number of carbonyl (C=O) groups excluding carboxylic acids is 1. The summed E-state index contributed by atoms with van der Waals surface area (Å²) in [5.74, 6) is 0.315. The Balaban J connectivity index is 1.96. The third-order valence-corrected chi connectivity index (χ3v) is 3.27. The van der Waals surface area contributed by atoms with Crippen molar-refractivity contribution in [1.82, 2.24) is 5.32 Å². The predicted molar refractivity (Wildman–Crippen MR) is 63.9 cm³/mol. The van der Waals surface area contributed by atoms with Gasteiger partial charge in [0.05, 0.1) is 6.04 Å². The van der Waals surface area contributed by atoms with Crippen molar-refractivity contribution in [2.24, 2.45) is 0 Å². The van der Waals surface area contributed by atoms with Crippen molar-refractivity contribution in [3.05, 3.63) is 34.3 Å². The Kier molecular flexibility index (Phi) is 3.54. The van der Waals surface area contributed by atoms with Gasteiger partial charge < -0.3 is 5.32 Å². The van der Waals surface area contributed by atoms with Crippen molar-refractivity contribution in [3.63, 3.8) is 0 Å². The van der Waals surface area contributed by atoms with E-state index >= 15 is 0 Å². The van der Waals surface area contributed by atoms with Gasteiger partial charge in [-0.15, -0.1) is 0 Å². The Morgan fingerprint density at radius 1 is 1.40 bits per heavy atom. The van der Waals surface area contributed by atoms with E-state index in [0.717, 1.165) is 29.4 Å². The molecule has 15 heavy (non-hydrogen) atoms. The van der Waals surface area contributed by atoms with Gasteiger partial charge in [0.15, 0.2) is 5.78 Å². The van der Waals surface area contributed by atoms with E-state index in [1.807, 2.05) is 24.3 Å². The second-order valence-corrected chi connectivity index (χ2v) is 4.83. The van der Waals surface area contributed by atoms with Crippen molar-refractivity contribution in [3.8, 4) is 0 Å². The molecule has 0 bridgehead atoms. The van der Waals surface area contributed by atoms with Crippen molar-refractivity contribution in [2.75, 3.05) is 6.54 Å². The van der Waals surface area contributed by atoms with Gasteiger partial charge in [0, 0.05) is 10.9 Å². The van der Waals surface area contributed by atoms with Crippen molar-refractivity contribution in [1.29, 1.82) is 0 Å². The molecule has 1 fully saturated rings. The van der Waals surface area contributed by atoms with Crippen LogP contribution in [-0.4, -0.2) is 18.4 Å². The zero-order valence-corrected chi connectivity index (χ0v) is 10.1. The molecule has 1 atom stereocenters. The summed E-state index contributed by atoms with van der Waals surface area (Å²) < 4.78 is 1.05. The summed E-state index contributed by atoms with van der Waals surface area (Å²) in [5, 5.41) is 3.23. The average molecular weight is 268 g/mol. The maximum Gasteiger partial charge on any atom is 0.154 e. The highest BCUT2D eigenvalue weighted by Crippen LogP contribution is 2.13. The number of ketones is 1. The van der Waals surface area contributed by atoms with Crippen molar-refractivity contribution >= 4 is 21.7 Å². The maximum absolute atomic E-state index is 11.8. The summed E-state index contributed by atoms with van der Waals surface area (Å²) >= 11 is 3.38. The maximum atomic E-state index is 11.8. The van der Waals surface area contributed by atoms with Crippen LogP contribution in [-0.2, 0) is 11.2 Å². The number of nitrogens with one attached hydrogen (secondary N) is 1. The van der Waals surface area contributed by atoms with Crippen LogP contribution >= 0.6 is 15.9 Å². The lowest BCUT2D eigenvalue weighted by molar-refractivity contribution is -0.120. The zero-order chi connectivity index (χ0) is 10.7. The van der Waals surface area contributed by atoms with Crippen LogP contribution in [0.1, 0.15) is 18.4 Å². The van der Waals surface area contributed by atoms with Crippen LogP contribution in [0.15, 0.2) is 28.7 Å². The Morgan fingerprint density at radius 3 is 2.73 bits per heavy atom. The number of rotatable bonds is 3. The summed E-state index contributed by atoms with van der Waals surface area (Å²) in [6.45, 7) is 0.983. The first-order chi connectivity index (χ1) is 7.25. The van der Waals surface area contributed by atoms with E-state index in [9.17, 15) is 4.79 Å². The largest absolute Gasteiger partial charge is 0.307 e. The first kappa shape index (κ1) is 10.8. The Bertz CT molecular complexity index is 341. The van der Waals surface area contributed by atoms with Gasteiger partial charge in [0.2, 0.25) is 0 Å². The molecule has 80 valence electrons. The molecule has 0 aliphatic carbocycles. The van der Waals surface area contributed by atoms with Crippen LogP contribution in [0, 0.1) is 0 Å². The van der Waals surface area contributed by atoms with Crippen LogP contribution in [0.2, 0.25) is 0 Å². The molecule has 2 rings (SSSR count). The molecular weight excluding hydrogens is 254 g/mol. The summed E-state index contributed by atoms with van der Waals surface area (Å²) in [7, 11) is 0. The lowest BCUT2D eigenvalue weighted by atomic mass is 10.0. The van der Waals surface area contributed by atoms with E-state index in [1.165, 1.54) is 0 Å². The minimum Gasteiger partial charge on any atom is -0.307 e. The molecular formula is C12H14BrNO. The predicted octanol–water partition coefficient (Wildman–Crippen LogP) is 2.31. The number of benzene rings is 1. The molecule has 1 saturated heterocycles. The van der Waals surface area contributed by atoms with Gasteiger partial charge in [-0.25, -0.2) is 0 Å². The first-order valence-corrected chi connectivity index (χ1v) is 6.05. The third kappa shape index (κ3) is 2.89. The number of Topliss-reactive ketones (excluding diaryl/α,β-unsaturated/α-hetero) is 1. The molecule has 1 aromatic rings. The number of hydrogen-bond acceptors (Lipinski definition) is 2. The summed E-state index contributed by atoms with van der Waals surface area (Å²) in [5.41, 5.74) is 1.09. The Hall–Kier alpha value is -0.670. The molecule has 1 N–H and O–H groups in total. The van der Waals surface area contributed by atoms with Gasteiger partial charge in [0.1, 0.15) is 0 Å². The quantitative estimate of drug-likeness (QED) is 0.911. The Labute approximate surface area is 98.2 Å². The topological polar surface area (TPSA) is 29.1 Å². The molecule has 0 radical (unpaired) electrons. The summed E-state index contributed by atoms with van der Waals surface area (Å²) in [4.78, 5) is 11.8. The molecule has 3 heteroatoms. The smallest absolute Gasteiger partial charge is 0.154 e. The fourth-order valence-corrected chi connectivity index (χ4v) is 2.15.